The Kier molecular flexibility index (Phi) is 3.86. The van der Waals surface area contributed by atoms with Gasteiger partial charge in [0.1, 0.15) is 0 Å². The molecule has 0 saturated carbocycles. The number of aryl methyl sites for hydroxylation is 1. The second-order valence-electron chi connectivity index (χ2n) is 6.87. The lowest BCUT2D eigenvalue weighted by Crippen LogP contribution is -2.32. The molecular weight excluding hydrogens is 254 g/mol. The Balaban J connectivity index is 1.80. The molecule has 0 amide bonds. The second-order valence-corrected chi connectivity index (χ2v) is 6.87. The summed E-state index contributed by atoms with van der Waals surface area (Å²) >= 11 is 0. The fraction of sp³-hybridized carbons (Fsp3) is 0.400. The van der Waals surface area contributed by atoms with E-state index in [2.05, 4.69) is 74.6 Å². The van der Waals surface area contributed by atoms with Gasteiger partial charge in [0.05, 0.1) is 0 Å². The summed E-state index contributed by atoms with van der Waals surface area (Å²) < 4.78 is 0. The summed E-state index contributed by atoms with van der Waals surface area (Å²) in [5.74, 6) is 0. The van der Waals surface area contributed by atoms with Crippen molar-refractivity contribution < 1.29 is 0 Å². The van der Waals surface area contributed by atoms with Gasteiger partial charge in [0.2, 0.25) is 0 Å². The smallest absolute Gasteiger partial charge is 0.0326 e. The SMILES string of the molecule is Cc1ccccc1CNC1CCC(C)(C)c2ccccc21. The average molecular weight is 279 g/mol. The van der Waals surface area contributed by atoms with Crippen molar-refractivity contribution >= 4 is 0 Å². The summed E-state index contributed by atoms with van der Waals surface area (Å²) in [4.78, 5) is 0. The molecule has 0 heterocycles. The molecule has 0 spiro atoms. The standard InChI is InChI=1S/C20H25N/c1-15-8-4-5-9-16(15)14-21-19-12-13-20(2,3)18-11-7-6-10-17(18)19/h4-11,19,21H,12-14H2,1-3H3. The van der Waals surface area contributed by atoms with Crippen molar-refractivity contribution in [1.29, 1.82) is 0 Å². The molecule has 1 nitrogen and oxygen atoms in total. The maximum atomic E-state index is 3.77. The van der Waals surface area contributed by atoms with Crippen LogP contribution in [0, 0.1) is 6.92 Å². The Hall–Kier alpha value is -1.60. The molecular formula is C20H25N. The van der Waals surface area contributed by atoms with Gasteiger partial charge in [-0.1, -0.05) is 62.4 Å². The molecule has 0 bridgehead atoms. The van der Waals surface area contributed by atoms with Gasteiger partial charge in [-0.3, -0.25) is 0 Å². The summed E-state index contributed by atoms with van der Waals surface area (Å²) in [5.41, 5.74) is 6.08. The minimum Gasteiger partial charge on any atom is -0.306 e. The zero-order valence-electron chi connectivity index (χ0n) is 13.3. The topological polar surface area (TPSA) is 12.0 Å². The van der Waals surface area contributed by atoms with Crippen LogP contribution in [0.15, 0.2) is 48.5 Å². The predicted octanol–water partition coefficient (Wildman–Crippen LogP) is 4.90. The van der Waals surface area contributed by atoms with E-state index >= 15 is 0 Å². The van der Waals surface area contributed by atoms with Crippen LogP contribution in [-0.2, 0) is 12.0 Å². The zero-order valence-corrected chi connectivity index (χ0v) is 13.3. The Morgan fingerprint density at radius 1 is 1.05 bits per heavy atom. The molecule has 2 aromatic carbocycles. The van der Waals surface area contributed by atoms with E-state index in [0.29, 0.717) is 11.5 Å². The summed E-state index contributed by atoms with van der Waals surface area (Å²) in [6.45, 7) is 7.87. The third-order valence-electron chi connectivity index (χ3n) is 4.92. The van der Waals surface area contributed by atoms with Crippen LogP contribution in [0.1, 0.15) is 55.0 Å². The van der Waals surface area contributed by atoms with E-state index in [0.717, 1.165) is 6.54 Å². The monoisotopic (exact) mass is 279 g/mol. The highest BCUT2D eigenvalue weighted by Crippen LogP contribution is 2.41. The highest BCUT2D eigenvalue weighted by atomic mass is 14.9. The lowest BCUT2D eigenvalue weighted by molar-refractivity contribution is 0.357. The molecule has 0 aromatic heterocycles. The third-order valence-corrected chi connectivity index (χ3v) is 4.92. The van der Waals surface area contributed by atoms with Crippen molar-refractivity contribution in [2.45, 2.75) is 51.6 Å². The number of hydrogen-bond donors (Lipinski definition) is 1. The van der Waals surface area contributed by atoms with E-state index in [4.69, 9.17) is 0 Å². The van der Waals surface area contributed by atoms with Gasteiger partial charge in [0.15, 0.2) is 0 Å². The molecule has 1 atom stereocenters. The fourth-order valence-corrected chi connectivity index (χ4v) is 3.47. The van der Waals surface area contributed by atoms with E-state index in [1.165, 1.54) is 35.1 Å². The minimum atomic E-state index is 0.303. The number of fused-ring (bicyclic) bond motifs is 1. The Morgan fingerprint density at radius 2 is 1.76 bits per heavy atom. The molecule has 0 saturated heterocycles. The van der Waals surface area contributed by atoms with Gasteiger partial charge < -0.3 is 5.32 Å². The van der Waals surface area contributed by atoms with Crippen LogP contribution < -0.4 is 5.32 Å². The van der Waals surface area contributed by atoms with Crippen molar-refractivity contribution in [2.75, 3.05) is 0 Å². The zero-order chi connectivity index (χ0) is 14.9. The Labute approximate surface area is 128 Å². The van der Waals surface area contributed by atoms with E-state index in [9.17, 15) is 0 Å². The first-order valence-corrected chi connectivity index (χ1v) is 7.95. The van der Waals surface area contributed by atoms with Crippen molar-refractivity contribution in [2.24, 2.45) is 0 Å². The van der Waals surface area contributed by atoms with Crippen LogP contribution in [0.3, 0.4) is 0 Å². The molecule has 3 rings (SSSR count). The van der Waals surface area contributed by atoms with Crippen molar-refractivity contribution in [3.8, 4) is 0 Å². The van der Waals surface area contributed by atoms with Crippen LogP contribution in [-0.4, -0.2) is 0 Å². The number of hydrogen-bond acceptors (Lipinski definition) is 1. The van der Waals surface area contributed by atoms with Crippen molar-refractivity contribution in [3.05, 3.63) is 70.8 Å². The van der Waals surface area contributed by atoms with Gasteiger partial charge in [-0.25, -0.2) is 0 Å². The molecule has 110 valence electrons. The molecule has 1 aliphatic carbocycles. The largest absolute Gasteiger partial charge is 0.306 e. The highest BCUT2D eigenvalue weighted by Gasteiger charge is 2.31. The molecule has 0 radical (unpaired) electrons. The van der Waals surface area contributed by atoms with Gasteiger partial charge in [-0.2, -0.15) is 0 Å². The predicted molar refractivity (Wildman–Crippen MR) is 89.5 cm³/mol. The first-order chi connectivity index (χ1) is 10.1. The molecule has 21 heavy (non-hydrogen) atoms. The quantitative estimate of drug-likeness (QED) is 0.843. The van der Waals surface area contributed by atoms with E-state index in [-0.39, 0.29) is 0 Å². The van der Waals surface area contributed by atoms with E-state index in [1.54, 1.807) is 0 Å². The highest BCUT2D eigenvalue weighted by molar-refractivity contribution is 5.38. The van der Waals surface area contributed by atoms with Crippen LogP contribution in [0.4, 0.5) is 0 Å². The Morgan fingerprint density at radius 3 is 2.57 bits per heavy atom. The summed E-state index contributed by atoms with van der Waals surface area (Å²) in [7, 11) is 0. The van der Waals surface area contributed by atoms with Gasteiger partial charge in [-0.05, 0) is 47.4 Å². The lowest BCUT2D eigenvalue weighted by atomic mass is 9.71. The lowest BCUT2D eigenvalue weighted by Gasteiger charge is -2.37. The average Bonchev–Trinajstić information content (AvgIpc) is 2.48. The van der Waals surface area contributed by atoms with Crippen molar-refractivity contribution in [1.82, 2.24) is 5.32 Å². The van der Waals surface area contributed by atoms with E-state index in [1.807, 2.05) is 0 Å². The molecule has 1 heteroatoms. The minimum absolute atomic E-state index is 0.303. The maximum absolute atomic E-state index is 3.77. The van der Waals surface area contributed by atoms with Crippen molar-refractivity contribution in [3.63, 3.8) is 0 Å². The molecule has 1 aliphatic rings. The third kappa shape index (κ3) is 2.89. The molecule has 2 aromatic rings. The molecule has 0 fully saturated rings. The molecule has 1 unspecified atom stereocenters. The van der Waals surface area contributed by atoms with E-state index < -0.39 is 0 Å². The number of rotatable bonds is 3. The number of benzene rings is 2. The summed E-state index contributed by atoms with van der Waals surface area (Å²) in [5, 5.41) is 3.77. The van der Waals surface area contributed by atoms with Crippen LogP contribution in [0.25, 0.3) is 0 Å². The van der Waals surface area contributed by atoms with Crippen LogP contribution in [0.5, 0.6) is 0 Å². The van der Waals surface area contributed by atoms with Gasteiger partial charge in [0, 0.05) is 12.6 Å². The normalized spacial score (nSPS) is 20.0. The fourth-order valence-electron chi connectivity index (χ4n) is 3.47. The molecule has 1 N–H and O–H groups in total. The first-order valence-electron chi connectivity index (χ1n) is 7.95. The summed E-state index contributed by atoms with van der Waals surface area (Å²) in [6, 6.07) is 18.1. The van der Waals surface area contributed by atoms with Gasteiger partial charge in [0.25, 0.3) is 0 Å². The second kappa shape index (κ2) is 5.65. The first kappa shape index (κ1) is 14.3. The summed E-state index contributed by atoms with van der Waals surface area (Å²) in [6.07, 6.45) is 2.46. The van der Waals surface area contributed by atoms with Gasteiger partial charge in [-0.15, -0.1) is 0 Å². The van der Waals surface area contributed by atoms with Gasteiger partial charge >= 0.3 is 0 Å². The Bertz CT molecular complexity index is 627. The number of nitrogens with one attached hydrogen (secondary N) is 1. The van der Waals surface area contributed by atoms with Crippen LogP contribution in [0.2, 0.25) is 0 Å². The maximum Gasteiger partial charge on any atom is 0.0326 e. The molecule has 0 aliphatic heterocycles. The van der Waals surface area contributed by atoms with Crippen LogP contribution >= 0.6 is 0 Å².